The minimum atomic E-state index is -0.561. The van der Waals surface area contributed by atoms with Gasteiger partial charge in [0.05, 0.1) is 0 Å². The van der Waals surface area contributed by atoms with E-state index in [0.717, 1.165) is 9.35 Å². The maximum Gasteiger partial charge on any atom is 0.105 e. The molecule has 0 amide bonds. The first-order chi connectivity index (χ1) is 6.04. The van der Waals surface area contributed by atoms with Crippen molar-refractivity contribution >= 4 is 27.3 Å². The standard InChI is InChI=1S/C9H14BrNOS/c1-5(2)7(11)8(12)9-6(10)3-4-13-9/h3-5,7-8,12H,11H2,1-2H3. The molecule has 0 radical (unpaired) electrons. The highest BCUT2D eigenvalue weighted by Crippen LogP contribution is 2.31. The molecule has 2 atom stereocenters. The van der Waals surface area contributed by atoms with Crippen molar-refractivity contribution in [1.29, 1.82) is 0 Å². The predicted molar refractivity (Wildman–Crippen MR) is 59.8 cm³/mol. The number of aliphatic hydroxyl groups is 1. The van der Waals surface area contributed by atoms with Crippen molar-refractivity contribution < 1.29 is 5.11 Å². The van der Waals surface area contributed by atoms with Gasteiger partial charge in [0.15, 0.2) is 0 Å². The van der Waals surface area contributed by atoms with Crippen LogP contribution in [0.3, 0.4) is 0 Å². The monoisotopic (exact) mass is 263 g/mol. The lowest BCUT2D eigenvalue weighted by Gasteiger charge is -2.21. The first kappa shape index (κ1) is 11.2. The molecule has 0 saturated heterocycles. The first-order valence-corrected chi connectivity index (χ1v) is 5.88. The van der Waals surface area contributed by atoms with Crippen LogP contribution in [0.1, 0.15) is 24.8 Å². The fraction of sp³-hybridized carbons (Fsp3) is 0.556. The van der Waals surface area contributed by atoms with Gasteiger partial charge in [-0.1, -0.05) is 13.8 Å². The van der Waals surface area contributed by atoms with Gasteiger partial charge in [-0.05, 0) is 33.3 Å². The van der Waals surface area contributed by atoms with E-state index in [4.69, 9.17) is 5.73 Å². The summed E-state index contributed by atoms with van der Waals surface area (Å²) in [5, 5.41) is 11.8. The second-order valence-electron chi connectivity index (χ2n) is 3.40. The van der Waals surface area contributed by atoms with Gasteiger partial charge in [-0.2, -0.15) is 0 Å². The Labute approximate surface area is 90.9 Å². The zero-order chi connectivity index (χ0) is 10.0. The molecule has 0 aromatic carbocycles. The lowest BCUT2D eigenvalue weighted by Crippen LogP contribution is -2.33. The highest BCUT2D eigenvalue weighted by Gasteiger charge is 2.22. The molecule has 1 aromatic rings. The zero-order valence-electron chi connectivity index (χ0n) is 7.70. The Morgan fingerprint density at radius 2 is 2.15 bits per heavy atom. The summed E-state index contributed by atoms with van der Waals surface area (Å²) in [6.45, 7) is 4.02. The van der Waals surface area contributed by atoms with Crippen LogP contribution < -0.4 is 5.73 Å². The van der Waals surface area contributed by atoms with Crippen molar-refractivity contribution in [2.24, 2.45) is 11.7 Å². The molecule has 1 aromatic heterocycles. The average Bonchev–Trinajstić information content (AvgIpc) is 2.48. The number of nitrogens with two attached hydrogens (primary N) is 1. The zero-order valence-corrected chi connectivity index (χ0v) is 10.1. The summed E-state index contributed by atoms with van der Waals surface area (Å²) < 4.78 is 0.945. The van der Waals surface area contributed by atoms with Gasteiger partial charge in [0, 0.05) is 15.4 Å². The van der Waals surface area contributed by atoms with E-state index < -0.39 is 6.10 Å². The van der Waals surface area contributed by atoms with Crippen molar-refractivity contribution in [3.8, 4) is 0 Å². The molecule has 2 unspecified atom stereocenters. The van der Waals surface area contributed by atoms with Gasteiger partial charge in [-0.15, -0.1) is 11.3 Å². The second-order valence-corrected chi connectivity index (χ2v) is 5.20. The third kappa shape index (κ3) is 2.53. The van der Waals surface area contributed by atoms with Crippen molar-refractivity contribution in [2.75, 3.05) is 0 Å². The number of halogens is 1. The highest BCUT2D eigenvalue weighted by atomic mass is 79.9. The van der Waals surface area contributed by atoms with Gasteiger partial charge in [-0.25, -0.2) is 0 Å². The van der Waals surface area contributed by atoms with Gasteiger partial charge in [0.2, 0.25) is 0 Å². The number of rotatable bonds is 3. The van der Waals surface area contributed by atoms with Gasteiger partial charge in [0.25, 0.3) is 0 Å². The quantitative estimate of drug-likeness (QED) is 0.881. The van der Waals surface area contributed by atoms with Gasteiger partial charge < -0.3 is 10.8 Å². The molecule has 1 heterocycles. The fourth-order valence-electron chi connectivity index (χ4n) is 1.06. The summed E-state index contributed by atoms with van der Waals surface area (Å²) >= 11 is 4.91. The molecular weight excluding hydrogens is 250 g/mol. The Hall–Kier alpha value is 0.100. The second kappa shape index (κ2) is 4.55. The molecule has 74 valence electrons. The van der Waals surface area contributed by atoms with Crippen molar-refractivity contribution in [3.05, 3.63) is 20.8 Å². The Bertz CT molecular complexity index is 274. The van der Waals surface area contributed by atoms with Crippen LogP contribution in [0.5, 0.6) is 0 Å². The molecule has 0 fully saturated rings. The molecule has 4 heteroatoms. The average molecular weight is 264 g/mol. The molecular formula is C9H14BrNOS. The smallest absolute Gasteiger partial charge is 0.105 e. The summed E-state index contributed by atoms with van der Waals surface area (Å²) in [6.07, 6.45) is -0.561. The van der Waals surface area contributed by atoms with E-state index in [9.17, 15) is 5.11 Å². The summed E-state index contributed by atoms with van der Waals surface area (Å²) in [6, 6.07) is 1.73. The van der Waals surface area contributed by atoms with Crippen LogP contribution in [0.15, 0.2) is 15.9 Å². The fourth-order valence-corrected chi connectivity index (χ4v) is 2.71. The summed E-state index contributed by atoms with van der Waals surface area (Å²) in [5.41, 5.74) is 5.86. The van der Waals surface area contributed by atoms with E-state index in [1.807, 2.05) is 25.3 Å². The maximum atomic E-state index is 9.88. The van der Waals surface area contributed by atoms with Crippen LogP contribution in [0.4, 0.5) is 0 Å². The molecule has 3 N–H and O–H groups in total. The molecule has 1 rings (SSSR count). The highest BCUT2D eigenvalue weighted by molar-refractivity contribution is 9.10. The number of thiophene rings is 1. The van der Waals surface area contributed by atoms with E-state index in [1.54, 1.807) is 0 Å². The van der Waals surface area contributed by atoms with Gasteiger partial charge in [-0.3, -0.25) is 0 Å². The Morgan fingerprint density at radius 3 is 2.54 bits per heavy atom. The number of hydrogen-bond acceptors (Lipinski definition) is 3. The predicted octanol–water partition coefficient (Wildman–Crippen LogP) is 2.53. The molecule has 13 heavy (non-hydrogen) atoms. The summed E-state index contributed by atoms with van der Waals surface area (Å²) in [5.74, 6) is 0.281. The lowest BCUT2D eigenvalue weighted by atomic mass is 9.99. The van der Waals surface area contributed by atoms with Gasteiger partial charge >= 0.3 is 0 Å². The summed E-state index contributed by atoms with van der Waals surface area (Å²) in [7, 11) is 0. The van der Waals surface area contributed by atoms with Gasteiger partial charge in [0.1, 0.15) is 6.10 Å². The van der Waals surface area contributed by atoms with Crippen LogP contribution in [0.25, 0.3) is 0 Å². The van der Waals surface area contributed by atoms with E-state index in [1.165, 1.54) is 11.3 Å². The molecule has 0 aliphatic heterocycles. The third-order valence-electron chi connectivity index (χ3n) is 2.05. The van der Waals surface area contributed by atoms with Crippen LogP contribution in [-0.2, 0) is 0 Å². The molecule has 0 bridgehead atoms. The number of hydrogen-bond donors (Lipinski definition) is 2. The topological polar surface area (TPSA) is 46.2 Å². The van der Waals surface area contributed by atoms with E-state index in [0.29, 0.717) is 0 Å². The molecule has 0 spiro atoms. The van der Waals surface area contributed by atoms with E-state index >= 15 is 0 Å². The Kier molecular flexibility index (Phi) is 3.91. The van der Waals surface area contributed by atoms with Crippen molar-refractivity contribution in [2.45, 2.75) is 26.0 Å². The lowest BCUT2D eigenvalue weighted by molar-refractivity contribution is 0.128. The van der Waals surface area contributed by atoms with Crippen molar-refractivity contribution in [3.63, 3.8) is 0 Å². The van der Waals surface area contributed by atoms with Crippen molar-refractivity contribution in [1.82, 2.24) is 0 Å². The normalized spacial score (nSPS) is 16.2. The Balaban J connectivity index is 2.79. The van der Waals surface area contributed by atoms with E-state index in [-0.39, 0.29) is 12.0 Å². The maximum absolute atomic E-state index is 9.88. The molecule has 0 aliphatic rings. The van der Waals surface area contributed by atoms with Crippen LogP contribution in [0, 0.1) is 5.92 Å². The van der Waals surface area contributed by atoms with Crippen LogP contribution in [-0.4, -0.2) is 11.1 Å². The largest absolute Gasteiger partial charge is 0.386 e. The number of aliphatic hydroxyl groups excluding tert-OH is 1. The Morgan fingerprint density at radius 1 is 1.54 bits per heavy atom. The first-order valence-electron chi connectivity index (χ1n) is 4.20. The SMILES string of the molecule is CC(C)C(N)C(O)c1sccc1Br. The minimum absolute atomic E-state index is 0.199. The van der Waals surface area contributed by atoms with Crippen LogP contribution >= 0.6 is 27.3 Å². The molecule has 0 saturated carbocycles. The molecule has 2 nitrogen and oxygen atoms in total. The van der Waals surface area contributed by atoms with Crippen LogP contribution in [0.2, 0.25) is 0 Å². The third-order valence-corrected chi connectivity index (χ3v) is 3.99. The summed E-state index contributed by atoms with van der Waals surface area (Å²) in [4.78, 5) is 0.918. The molecule has 0 aliphatic carbocycles. The van der Waals surface area contributed by atoms with E-state index in [2.05, 4.69) is 15.9 Å². The minimum Gasteiger partial charge on any atom is -0.386 e.